The molecule has 3 aromatic heterocycles. The maximum absolute atomic E-state index is 12.8. The summed E-state index contributed by atoms with van der Waals surface area (Å²) in [6, 6.07) is 7.86. The molecule has 134 valence electrons. The zero-order chi connectivity index (χ0) is 18.3. The SMILES string of the molecule is NC(=O)c1ncn(C2CCN(C(=O)c3cc4ccccn4c3)CC2)c1N. The Labute approximate surface area is 150 Å². The second kappa shape index (κ2) is 6.21. The van der Waals surface area contributed by atoms with Crippen LogP contribution in [0.2, 0.25) is 0 Å². The topological polar surface area (TPSA) is 112 Å². The number of piperidine rings is 1. The lowest BCUT2D eigenvalue weighted by Gasteiger charge is -2.32. The van der Waals surface area contributed by atoms with E-state index >= 15 is 0 Å². The highest BCUT2D eigenvalue weighted by molar-refractivity contribution is 5.96. The molecule has 26 heavy (non-hydrogen) atoms. The third-order valence-electron chi connectivity index (χ3n) is 4.96. The summed E-state index contributed by atoms with van der Waals surface area (Å²) in [6.07, 6.45) is 6.83. The van der Waals surface area contributed by atoms with Crippen LogP contribution in [0.4, 0.5) is 5.82 Å². The number of nitrogens with zero attached hydrogens (tertiary/aromatic N) is 4. The Morgan fingerprint density at radius 3 is 2.62 bits per heavy atom. The molecule has 0 atom stereocenters. The number of rotatable bonds is 3. The molecule has 8 nitrogen and oxygen atoms in total. The number of nitrogen functional groups attached to an aromatic ring is 1. The normalized spacial score (nSPS) is 15.5. The van der Waals surface area contributed by atoms with Gasteiger partial charge in [-0.15, -0.1) is 0 Å². The largest absolute Gasteiger partial charge is 0.383 e. The first-order valence-corrected chi connectivity index (χ1v) is 8.52. The van der Waals surface area contributed by atoms with Gasteiger partial charge in [0.05, 0.1) is 11.9 Å². The predicted octanol–water partition coefficient (Wildman–Crippen LogP) is 1.29. The van der Waals surface area contributed by atoms with Gasteiger partial charge in [-0.05, 0) is 31.0 Å². The highest BCUT2D eigenvalue weighted by Gasteiger charge is 2.27. The Hall–Kier alpha value is -3.29. The number of primary amides is 1. The summed E-state index contributed by atoms with van der Waals surface area (Å²) in [7, 11) is 0. The fourth-order valence-corrected chi connectivity index (χ4v) is 3.55. The van der Waals surface area contributed by atoms with E-state index in [0.29, 0.717) is 24.5 Å². The monoisotopic (exact) mass is 352 g/mol. The minimum absolute atomic E-state index is 0.0311. The molecule has 1 fully saturated rings. The maximum atomic E-state index is 12.8. The van der Waals surface area contributed by atoms with Crippen LogP contribution < -0.4 is 11.5 Å². The van der Waals surface area contributed by atoms with Gasteiger partial charge in [0.25, 0.3) is 11.8 Å². The first kappa shape index (κ1) is 16.2. The Bertz CT molecular complexity index is 948. The van der Waals surface area contributed by atoms with Crippen LogP contribution in [-0.4, -0.2) is 43.8 Å². The zero-order valence-electron chi connectivity index (χ0n) is 14.2. The lowest BCUT2D eigenvalue weighted by molar-refractivity contribution is 0.0695. The van der Waals surface area contributed by atoms with Gasteiger partial charge in [-0.3, -0.25) is 9.59 Å². The first-order chi connectivity index (χ1) is 12.5. The minimum atomic E-state index is -0.630. The lowest BCUT2D eigenvalue weighted by atomic mass is 10.0. The van der Waals surface area contributed by atoms with Gasteiger partial charge < -0.3 is 25.3 Å². The number of carbonyl (C=O) groups excluding carboxylic acids is 2. The number of anilines is 1. The molecule has 4 rings (SSSR count). The average molecular weight is 352 g/mol. The predicted molar refractivity (Wildman–Crippen MR) is 96.7 cm³/mol. The Balaban J connectivity index is 1.46. The van der Waals surface area contributed by atoms with Gasteiger partial charge in [0.1, 0.15) is 5.82 Å². The van der Waals surface area contributed by atoms with Crippen LogP contribution >= 0.6 is 0 Å². The van der Waals surface area contributed by atoms with Crippen molar-refractivity contribution in [3.05, 3.63) is 54.2 Å². The first-order valence-electron chi connectivity index (χ1n) is 8.52. The summed E-state index contributed by atoms with van der Waals surface area (Å²) in [5, 5.41) is 0. The van der Waals surface area contributed by atoms with Crippen molar-refractivity contribution in [1.82, 2.24) is 18.9 Å². The summed E-state index contributed by atoms with van der Waals surface area (Å²) < 4.78 is 3.73. The number of likely N-dealkylation sites (tertiary alicyclic amines) is 1. The number of aromatic nitrogens is 3. The van der Waals surface area contributed by atoms with E-state index in [2.05, 4.69) is 4.98 Å². The van der Waals surface area contributed by atoms with Crippen LogP contribution in [0.5, 0.6) is 0 Å². The third-order valence-corrected chi connectivity index (χ3v) is 4.96. The molecule has 1 aliphatic heterocycles. The average Bonchev–Trinajstić information content (AvgIpc) is 3.24. The van der Waals surface area contributed by atoms with Crippen molar-refractivity contribution >= 4 is 23.1 Å². The number of carbonyl (C=O) groups is 2. The second-order valence-electron chi connectivity index (χ2n) is 6.53. The molecular formula is C18H20N6O2. The molecule has 0 unspecified atom stereocenters. The van der Waals surface area contributed by atoms with Crippen LogP contribution in [0.25, 0.3) is 5.52 Å². The van der Waals surface area contributed by atoms with E-state index in [9.17, 15) is 9.59 Å². The molecular weight excluding hydrogens is 332 g/mol. The Kier molecular flexibility index (Phi) is 3.87. The van der Waals surface area contributed by atoms with Crippen molar-refractivity contribution in [3.63, 3.8) is 0 Å². The molecule has 8 heteroatoms. The van der Waals surface area contributed by atoms with Gasteiger partial charge in [-0.2, -0.15) is 0 Å². The van der Waals surface area contributed by atoms with Gasteiger partial charge in [0.15, 0.2) is 5.69 Å². The van der Waals surface area contributed by atoms with Crippen LogP contribution in [0.1, 0.15) is 39.7 Å². The van der Waals surface area contributed by atoms with Crippen molar-refractivity contribution in [2.24, 2.45) is 5.73 Å². The van der Waals surface area contributed by atoms with Crippen LogP contribution in [0, 0.1) is 0 Å². The maximum Gasteiger partial charge on any atom is 0.271 e. The van der Waals surface area contributed by atoms with Gasteiger partial charge in [0.2, 0.25) is 0 Å². The summed E-state index contributed by atoms with van der Waals surface area (Å²) in [6.45, 7) is 1.25. The number of nitrogens with two attached hydrogens (primary N) is 2. The highest BCUT2D eigenvalue weighted by atomic mass is 16.2. The van der Waals surface area contributed by atoms with E-state index in [0.717, 1.165) is 18.4 Å². The molecule has 0 saturated carbocycles. The molecule has 3 aromatic rings. The Morgan fingerprint density at radius 1 is 1.19 bits per heavy atom. The van der Waals surface area contributed by atoms with Crippen molar-refractivity contribution in [3.8, 4) is 0 Å². The smallest absolute Gasteiger partial charge is 0.271 e. The fraction of sp³-hybridized carbons (Fsp3) is 0.278. The van der Waals surface area contributed by atoms with Crippen molar-refractivity contribution < 1.29 is 9.59 Å². The van der Waals surface area contributed by atoms with Gasteiger partial charge in [0, 0.05) is 37.0 Å². The van der Waals surface area contributed by atoms with E-state index < -0.39 is 5.91 Å². The number of hydrogen-bond donors (Lipinski definition) is 2. The van der Waals surface area contributed by atoms with Crippen molar-refractivity contribution in [1.29, 1.82) is 0 Å². The summed E-state index contributed by atoms with van der Waals surface area (Å²) >= 11 is 0. The molecule has 0 aliphatic carbocycles. The second-order valence-corrected chi connectivity index (χ2v) is 6.53. The van der Waals surface area contributed by atoms with Gasteiger partial charge in [-0.25, -0.2) is 4.98 Å². The summed E-state index contributed by atoms with van der Waals surface area (Å²) in [5.74, 6) is -0.306. The molecule has 1 aliphatic rings. The van der Waals surface area contributed by atoms with Crippen molar-refractivity contribution in [2.45, 2.75) is 18.9 Å². The molecule has 0 spiro atoms. The van der Waals surface area contributed by atoms with Crippen LogP contribution in [-0.2, 0) is 0 Å². The van der Waals surface area contributed by atoms with Crippen LogP contribution in [0.3, 0.4) is 0 Å². The molecule has 0 aromatic carbocycles. The summed E-state index contributed by atoms with van der Waals surface area (Å²) in [4.78, 5) is 29.9. The highest BCUT2D eigenvalue weighted by Crippen LogP contribution is 2.27. The molecule has 0 radical (unpaired) electrons. The van der Waals surface area contributed by atoms with E-state index in [1.165, 1.54) is 0 Å². The van der Waals surface area contributed by atoms with Crippen LogP contribution in [0.15, 0.2) is 43.0 Å². The zero-order valence-corrected chi connectivity index (χ0v) is 14.2. The van der Waals surface area contributed by atoms with Gasteiger partial charge >= 0.3 is 0 Å². The number of imidazole rings is 1. The molecule has 0 bridgehead atoms. The van der Waals surface area contributed by atoms with E-state index in [1.54, 1.807) is 10.9 Å². The Morgan fingerprint density at radius 2 is 1.96 bits per heavy atom. The molecule has 4 heterocycles. The number of hydrogen-bond acceptors (Lipinski definition) is 4. The van der Waals surface area contributed by atoms with E-state index in [1.807, 2.05) is 46.0 Å². The van der Waals surface area contributed by atoms with Gasteiger partial charge in [-0.1, -0.05) is 6.07 Å². The molecule has 4 N–H and O–H groups in total. The quantitative estimate of drug-likeness (QED) is 0.740. The van der Waals surface area contributed by atoms with E-state index in [4.69, 9.17) is 11.5 Å². The lowest BCUT2D eigenvalue weighted by Crippen LogP contribution is -2.39. The number of amides is 2. The number of fused-ring (bicyclic) bond motifs is 1. The fourth-order valence-electron chi connectivity index (χ4n) is 3.55. The van der Waals surface area contributed by atoms with Crippen molar-refractivity contribution in [2.75, 3.05) is 18.8 Å². The standard InChI is InChI=1S/C18H20N6O2/c19-16-15(17(20)25)21-11-24(16)13-4-7-22(8-5-13)18(26)12-9-14-3-1-2-6-23(14)10-12/h1-3,6,9-11,13H,4-5,7-8,19H2,(H2,20,25). The third kappa shape index (κ3) is 2.69. The molecule has 2 amide bonds. The summed E-state index contributed by atoms with van der Waals surface area (Å²) in [5.41, 5.74) is 13.0. The van der Waals surface area contributed by atoms with E-state index in [-0.39, 0.29) is 17.6 Å². The minimum Gasteiger partial charge on any atom is -0.383 e. The number of pyridine rings is 1. The molecule has 1 saturated heterocycles.